The van der Waals surface area contributed by atoms with Gasteiger partial charge < -0.3 is 15.1 Å². The molecule has 2 amide bonds. The molecule has 31 heavy (non-hydrogen) atoms. The molecule has 0 spiro atoms. The molecule has 0 aliphatic carbocycles. The van der Waals surface area contributed by atoms with Gasteiger partial charge in [0.15, 0.2) is 0 Å². The van der Waals surface area contributed by atoms with E-state index in [1.54, 1.807) is 23.2 Å². The van der Waals surface area contributed by atoms with Crippen molar-refractivity contribution in [3.63, 3.8) is 0 Å². The van der Waals surface area contributed by atoms with Crippen molar-refractivity contribution in [2.45, 2.75) is 22.9 Å². The molecule has 0 saturated carbocycles. The van der Waals surface area contributed by atoms with Gasteiger partial charge >= 0.3 is 0 Å². The van der Waals surface area contributed by atoms with E-state index in [9.17, 15) is 9.59 Å². The van der Waals surface area contributed by atoms with E-state index in [1.807, 2.05) is 67.5 Å². The molecule has 1 aliphatic heterocycles. The smallest absolute Gasteiger partial charge is 0.261 e. The number of carbonyl (C=O) groups excluding carboxylic acids is 2. The van der Waals surface area contributed by atoms with Crippen molar-refractivity contribution in [1.82, 2.24) is 10.3 Å². The molecule has 0 radical (unpaired) electrons. The Morgan fingerprint density at radius 1 is 1.06 bits per heavy atom. The highest BCUT2D eigenvalue weighted by Gasteiger charge is 2.28. The molecule has 0 fully saturated rings. The van der Waals surface area contributed by atoms with Crippen LogP contribution in [0.2, 0.25) is 0 Å². The van der Waals surface area contributed by atoms with Gasteiger partial charge in [-0.05, 0) is 42.0 Å². The molecule has 0 atom stereocenters. The van der Waals surface area contributed by atoms with Crippen LogP contribution in [0.1, 0.15) is 22.3 Å². The van der Waals surface area contributed by atoms with Crippen LogP contribution < -0.4 is 15.1 Å². The molecule has 1 aliphatic rings. The highest BCUT2D eigenvalue weighted by Crippen LogP contribution is 2.40. The minimum Gasteiger partial charge on any atom is -0.378 e. The average molecular weight is 433 g/mol. The molecule has 2 heterocycles. The van der Waals surface area contributed by atoms with Crippen LogP contribution in [-0.4, -0.2) is 37.4 Å². The number of amides is 2. The van der Waals surface area contributed by atoms with Crippen LogP contribution in [0.25, 0.3) is 0 Å². The van der Waals surface area contributed by atoms with E-state index in [0.29, 0.717) is 23.7 Å². The number of nitrogens with zero attached hydrogens (tertiary/aromatic N) is 3. The summed E-state index contributed by atoms with van der Waals surface area (Å²) in [5, 5.41) is 3.64. The lowest BCUT2D eigenvalue weighted by atomic mass is 10.2. The van der Waals surface area contributed by atoms with Gasteiger partial charge in [0.25, 0.3) is 5.91 Å². The molecule has 1 aromatic heterocycles. The van der Waals surface area contributed by atoms with Gasteiger partial charge in [-0.15, -0.1) is 0 Å². The topological polar surface area (TPSA) is 65.5 Å². The molecule has 1 N–H and O–H groups in total. The number of hydrogen-bond acceptors (Lipinski definition) is 5. The zero-order chi connectivity index (χ0) is 21.8. The normalized spacial score (nSPS) is 12.6. The number of para-hydroxylation sites is 1. The summed E-state index contributed by atoms with van der Waals surface area (Å²) in [6.45, 7) is 0.760. The Morgan fingerprint density at radius 2 is 1.84 bits per heavy atom. The van der Waals surface area contributed by atoms with Crippen molar-refractivity contribution in [3.05, 3.63) is 78.0 Å². The lowest BCUT2D eigenvalue weighted by Crippen LogP contribution is -2.35. The van der Waals surface area contributed by atoms with Gasteiger partial charge in [0.2, 0.25) is 5.91 Å². The highest BCUT2D eigenvalue weighted by atomic mass is 32.2. The van der Waals surface area contributed by atoms with Crippen LogP contribution in [-0.2, 0) is 11.3 Å². The first-order valence-electron chi connectivity index (χ1n) is 10.1. The van der Waals surface area contributed by atoms with Gasteiger partial charge in [-0.2, -0.15) is 0 Å². The Morgan fingerprint density at radius 3 is 2.61 bits per heavy atom. The predicted molar refractivity (Wildman–Crippen MR) is 124 cm³/mol. The van der Waals surface area contributed by atoms with E-state index in [-0.39, 0.29) is 18.2 Å². The summed E-state index contributed by atoms with van der Waals surface area (Å²) < 4.78 is 0. The Kier molecular flexibility index (Phi) is 6.23. The van der Waals surface area contributed by atoms with E-state index < -0.39 is 0 Å². The minimum atomic E-state index is -0.132. The number of nitrogens with one attached hydrogen (secondary N) is 1. The van der Waals surface area contributed by atoms with Crippen LogP contribution in [0.5, 0.6) is 0 Å². The zero-order valence-electron chi connectivity index (χ0n) is 17.5. The maximum absolute atomic E-state index is 13.2. The quantitative estimate of drug-likeness (QED) is 0.639. The minimum absolute atomic E-state index is 0.0923. The zero-order valence-corrected chi connectivity index (χ0v) is 18.4. The third-order valence-electron chi connectivity index (χ3n) is 5.11. The summed E-state index contributed by atoms with van der Waals surface area (Å²) in [6.07, 6.45) is 1.91. The molecule has 2 aromatic carbocycles. The van der Waals surface area contributed by atoms with Crippen molar-refractivity contribution in [2.24, 2.45) is 0 Å². The second-order valence-electron chi connectivity index (χ2n) is 7.47. The Labute approximate surface area is 186 Å². The summed E-state index contributed by atoms with van der Waals surface area (Å²) in [5.74, 6) is -0.224. The molecule has 158 valence electrons. The van der Waals surface area contributed by atoms with Crippen molar-refractivity contribution < 1.29 is 9.59 Å². The second-order valence-corrected chi connectivity index (χ2v) is 8.50. The maximum Gasteiger partial charge on any atom is 0.261 e. The SMILES string of the molecule is CN(C)c1ccc(CNC(=O)CCN2C(=O)c3cccnc3Sc3ccccc32)cc1. The lowest BCUT2D eigenvalue weighted by molar-refractivity contribution is -0.121. The van der Waals surface area contributed by atoms with Crippen LogP contribution in [0, 0.1) is 0 Å². The molecular formula is C24H24N4O2S. The Balaban J connectivity index is 1.43. The Bertz CT molecular complexity index is 1100. The monoisotopic (exact) mass is 432 g/mol. The fourth-order valence-electron chi connectivity index (χ4n) is 3.40. The first-order chi connectivity index (χ1) is 15.0. The molecule has 7 heteroatoms. The van der Waals surface area contributed by atoms with Crippen molar-refractivity contribution in [2.75, 3.05) is 30.4 Å². The van der Waals surface area contributed by atoms with Crippen LogP contribution in [0.3, 0.4) is 0 Å². The van der Waals surface area contributed by atoms with Crippen LogP contribution in [0.4, 0.5) is 11.4 Å². The lowest BCUT2D eigenvalue weighted by Gasteiger charge is -2.22. The Hall–Kier alpha value is -3.32. The number of rotatable bonds is 6. The number of hydrogen-bond donors (Lipinski definition) is 1. The largest absolute Gasteiger partial charge is 0.378 e. The molecule has 0 unspecified atom stereocenters. The first-order valence-corrected chi connectivity index (χ1v) is 10.9. The number of carbonyl (C=O) groups is 2. The molecule has 0 bridgehead atoms. The number of fused-ring (bicyclic) bond motifs is 2. The van der Waals surface area contributed by atoms with Gasteiger partial charge in [-0.1, -0.05) is 36.0 Å². The standard InChI is InChI=1S/C24H24N4O2S/c1-27(2)18-11-9-17(10-12-18)16-26-22(29)13-15-28-20-7-3-4-8-21(20)31-23-19(24(28)30)6-5-14-25-23/h3-12,14H,13,15-16H2,1-2H3,(H,26,29). The number of pyridine rings is 1. The van der Waals surface area contributed by atoms with Crippen molar-refractivity contribution >= 4 is 35.0 Å². The summed E-state index contributed by atoms with van der Waals surface area (Å²) in [4.78, 5) is 34.8. The van der Waals surface area contributed by atoms with Crippen LogP contribution >= 0.6 is 11.8 Å². The van der Waals surface area contributed by atoms with E-state index >= 15 is 0 Å². The average Bonchev–Trinajstić information content (AvgIpc) is 2.90. The predicted octanol–water partition coefficient (Wildman–Crippen LogP) is 3.97. The third kappa shape index (κ3) is 4.72. The second kappa shape index (κ2) is 9.22. The summed E-state index contributed by atoms with van der Waals surface area (Å²) in [5.41, 5.74) is 3.51. The summed E-state index contributed by atoms with van der Waals surface area (Å²) >= 11 is 1.48. The summed E-state index contributed by atoms with van der Waals surface area (Å²) in [6, 6.07) is 19.3. The van der Waals surface area contributed by atoms with E-state index in [2.05, 4.69) is 10.3 Å². The van der Waals surface area contributed by atoms with Gasteiger partial charge in [0.1, 0.15) is 5.03 Å². The highest BCUT2D eigenvalue weighted by molar-refractivity contribution is 7.99. The number of anilines is 2. The van der Waals surface area contributed by atoms with Gasteiger partial charge in [-0.25, -0.2) is 4.98 Å². The van der Waals surface area contributed by atoms with Gasteiger partial charge in [0, 0.05) is 50.4 Å². The van der Waals surface area contributed by atoms with Crippen molar-refractivity contribution in [1.29, 1.82) is 0 Å². The molecular weight excluding hydrogens is 408 g/mol. The third-order valence-corrected chi connectivity index (χ3v) is 6.20. The molecule has 4 rings (SSSR count). The van der Waals surface area contributed by atoms with E-state index in [1.165, 1.54) is 11.8 Å². The fraction of sp³-hybridized carbons (Fsp3) is 0.208. The molecule has 0 saturated heterocycles. The molecule has 6 nitrogen and oxygen atoms in total. The fourth-order valence-corrected chi connectivity index (χ4v) is 4.41. The summed E-state index contributed by atoms with van der Waals surface area (Å²) in [7, 11) is 3.98. The van der Waals surface area contributed by atoms with E-state index in [0.717, 1.165) is 21.8 Å². The van der Waals surface area contributed by atoms with Crippen LogP contribution in [0.15, 0.2) is 76.8 Å². The first kappa shape index (κ1) is 20.9. The van der Waals surface area contributed by atoms with Gasteiger partial charge in [-0.3, -0.25) is 9.59 Å². The van der Waals surface area contributed by atoms with E-state index in [4.69, 9.17) is 0 Å². The van der Waals surface area contributed by atoms with Crippen molar-refractivity contribution in [3.8, 4) is 0 Å². The number of benzene rings is 2. The number of aromatic nitrogens is 1. The molecule has 3 aromatic rings. The van der Waals surface area contributed by atoms with Gasteiger partial charge in [0.05, 0.1) is 11.3 Å². The maximum atomic E-state index is 13.2.